The number of nitrogens with one attached hydrogen (secondary N) is 1. The van der Waals surface area contributed by atoms with Crippen molar-refractivity contribution in [2.45, 2.75) is 91.8 Å². The Labute approximate surface area is 465 Å². The van der Waals surface area contributed by atoms with E-state index >= 15 is 0 Å². The van der Waals surface area contributed by atoms with Gasteiger partial charge in [0.25, 0.3) is 11.1 Å². The summed E-state index contributed by atoms with van der Waals surface area (Å²) in [4.78, 5) is 78.0. The molecular formula is C58H73N5O13S2. The number of aromatic nitrogens is 1. The van der Waals surface area contributed by atoms with Crippen LogP contribution in [0.1, 0.15) is 81.7 Å². The zero-order chi connectivity index (χ0) is 56.0. The third kappa shape index (κ3) is 18.5. The van der Waals surface area contributed by atoms with Crippen molar-refractivity contribution in [1.29, 1.82) is 0 Å². The number of Topliss-reactive ketones (excluding diaryl/α,β-unsaturated/α-hetero) is 1. The second kappa shape index (κ2) is 30.9. The molecule has 1 unspecified atom stereocenters. The van der Waals surface area contributed by atoms with Crippen LogP contribution in [0.5, 0.6) is 17.2 Å². The molecule has 4 amide bonds. The van der Waals surface area contributed by atoms with Crippen molar-refractivity contribution in [1.82, 2.24) is 20.1 Å². The van der Waals surface area contributed by atoms with Gasteiger partial charge in [0.05, 0.1) is 80.4 Å². The Morgan fingerprint density at radius 3 is 2.10 bits per heavy atom. The van der Waals surface area contributed by atoms with Gasteiger partial charge in [-0.3, -0.25) is 28.9 Å². The number of ether oxygens (including phenoxy) is 7. The normalized spacial score (nSPS) is 16.5. The third-order valence-electron chi connectivity index (χ3n) is 13.1. The van der Waals surface area contributed by atoms with Gasteiger partial charge in [-0.15, -0.1) is 11.3 Å². The number of methoxy groups -OCH3 is 1. The number of hydrogen-bond acceptors (Lipinski definition) is 16. The van der Waals surface area contributed by atoms with Gasteiger partial charge in [-0.2, -0.15) is 0 Å². The van der Waals surface area contributed by atoms with Crippen molar-refractivity contribution in [2.24, 2.45) is 11.3 Å². The van der Waals surface area contributed by atoms with Gasteiger partial charge in [0, 0.05) is 58.3 Å². The molecule has 2 N–H and O–H groups in total. The summed E-state index contributed by atoms with van der Waals surface area (Å²) in [6.07, 6.45) is 4.19. The number of hydrogen-bond donors (Lipinski definition) is 2. The number of benzene rings is 3. The highest BCUT2D eigenvalue weighted by molar-refractivity contribution is 8.18. The number of aliphatic hydroxyl groups is 1. The summed E-state index contributed by atoms with van der Waals surface area (Å²) in [5.74, 6) is -0.492. The molecule has 0 bridgehead atoms. The number of nitrogens with zero attached hydrogens (tertiary/aromatic N) is 4. The maximum absolute atomic E-state index is 14.0. The number of aliphatic hydroxyl groups excluding tert-OH is 1. The fourth-order valence-electron chi connectivity index (χ4n) is 8.66. The van der Waals surface area contributed by atoms with Crippen molar-refractivity contribution in [3.05, 3.63) is 105 Å². The van der Waals surface area contributed by atoms with Crippen LogP contribution < -0.4 is 14.8 Å². The largest absolute Gasteiger partial charge is 0.493 e. The minimum atomic E-state index is -0.846. The number of unbranched alkanes of at least 4 members (excludes halogenated alkanes) is 2. The molecule has 3 atom stereocenters. The molecule has 420 valence electrons. The number of carbonyl (C=O) groups is 5. The van der Waals surface area contributed by atoms with Gasteiger partial charge in [-0.1, -0.05) is 57.2 Å². The van der Waals surface area contributed by atoms with E-state index in [9.17, 15) is 29.1 Å². The predicted molar refractivity (Wildman–Crippen MR) is 299 cm³/mol. The smallest absolute Gasteiger partial charge is 0.293 e. The van der Waals surface area contributed by atoms with E-state index in [4.69, 9.17) is 39.7 Å². The Morgan fingerprint density at radius 1 is 0.846 bits per heavy atom. The van der Waals surface area contributed by atoms with E-state index in [1.165, 1.54) is 16.9 Å². The lowest BCUT2D eigenvalue weighted by atomic mass is 9.77. The standard InChI is InChI=1S/C58H73N5O13S2/c1-39-30-44(59-6)17-19-49(39)76-50-18-14-42(31-51(50)70-7)32-52-56(68)62(57(69)78-52)20-25-74-27-26-72-23-10-8-21-71-22-9-11-24-73-28-29-75-37-46(65)33-47(58(3,4)5)55(67)63-36-45(64)34-48(63)54(66)60-35-41-12-15-43(16-13-41)53-40(2)61-38-77-53/h12-19,30-32,38,45,47-48,64H,8-11,20-29,33-37H2,1-5,7H3,(H,60,66)/b52-32-/t45-,47-,48?/m1/s1. The van der Waals surface area contributed by atoms with Crippen molar-refractivity contribution in [3.8, 4) is 27.7 Å². The number of ketones is 1. The Balaban J connectivity index is 0.745. The van der Waals surface area contributed by atoms with Crippen LogP contribution in [-0.4, -0.2) is 147 Å². The molecule has 2 saturated heterocycles. The first-order valence-corrected chi connectivity index (χ1v) is 28.0. The van der Waals surface area contributed by atoms with Crippen molar-refractivity contribution in [2.75, 3.05) is 86.3 Å². The van der Waals surface area contributed by atoms with E-state index in [0.29, 0.717) is 79.7 Å². The molecule has 0 aliphatic carbocycles. The fraction of sp³-hybridized carbons (Fsp3) is 0.500. The molecule has 18 nitrogen and oxygen atoms in total. The SMILES string of the molecule is [C-]#[N+]c1ccc(Oc2ccc(/C=C3\SC(=O)N(CCOCCOCCCCOCCCCOCCOCC(=O)C[C@H](C(=O)N4C[C@H](O)CC4C(=O)NCc4ccc(-c5scnc5C)cc4)C(C)(C)C)C3=O)cc2OC)c(C)c1. The number of rotatable bonds is 32. The molecule has 3 heterocycles. The topological polar surface area (TPSA) is 206 Å². The van der Waals surface area contributed by atoms with Crippen LogP contribution in [0.15, 0.2) is 71.1 Å². The molecule has 2 fully saturated rings. The summed E-state index contributed by atoms with van der Waals surface area (Å²) in [7, 11) is 1.52. The number of thiazole rings is 1. The molecule has 2 aliphatic heterocycles. The highest BCUT2D eigenvalue weighted by atomic mass is 32.2. The summed E-state index contributed by atoms with van der Waals surface area (Å²) in [6, 6.07) is 17.4. The van der Waals surface area contributed by atoms with Gasteiger partial charge in [0.1, 0.15) is 18.4 Å². The summed E-state index contributed by atoms with van der Waals surface area (Å²) in [5, 5.41) is 13.1. The third-order valence-corrected chi connectivity index (χ3v) is 14.9. The second-order valence-corrected chi connectivity index (χ2v) is 21.9. The first kappa shape index (κ1) is 61.2. The summed E-state index contributed by atoms with van der Waals surface area (Å²) in [6.45, 7) is 20.7. The number of aryl methyl sites for hydroxylation is 2. The van der Waals surface area contributed by atoms with E-state index in [0.717, 1.165) is 64.7 Å². The van der Waals surface area contributed by atoms with Crippen LogP contribution in [0.2, 0.25) is 0 Å². The Bertz CT molecular complexity index is 2720. The minimum absolute atomic E-state index is 0.0223. The highest BCUT2D eigenvalue weighted by Gasteiger charge is 2.44. The zero-order valence-corrected chi connectivity index (χ0v) is 47.2. The second-order valence-electron chi connectivity index (χ2n) is 20.1. The lowest BCUT2D eigenvalue weighted by Crippen LogP contribution is -2.50. The molecule has 0 spiro atoms. The average Bonchev–Trinajstić information content (AvgIpc) is 4.13. The number of thioether (sulfide) groups is 1. The quantitative estimate of drug-likeness (QED) is 0.0265. The van der Waals surface area contributed by atoms with Gasteiger partial charge < -0.3 is 48.5 Å². The van der Waals surface area contributed by atoms with E-state index < -0.39 is 23.5 Å². The summed E-state index contributed by atoms with van der Waals surface area (Å²) >= 11 is 2.45. The van der Waals surface area contributed by atoms with E-state index in [-0.39, 0.29) is 81.0 Å². The maximum Gasteiger partial charge on any atom is 0.293 e. The van der Waals surface area contributed by atoms with Gasteiger partial charge in [0.2, 0.25) is 11.8 Å². The first-order valence-electron chi connectivity index (χ1n) is 26.3. The lowest BCUT2D eigenvalue weighted by Gasteiger charge is -2.34. The van der Waals surface area contributed by atoms with Crippen molar-refractivity contribution < 1.29 is 62.2 Å². The van der Waals surface area contributed by atoms with Crippen molar-refractivity contribution in [3.63, 3.8) is 0 Å². The molecule has 4 aromatic rings. The molecule has 3 aromatic carbocycles. The number of likely N-dealkylation sites (tertiary alicyclic amines) is 1. The van der Waals surface area contributed by atoms with Gasteiger partial charge in [0.15, 0.2) is 23.0 Å². The lowest BCUT2D eigenvalue weighted by molar-refractivity contribution is -0.146. The van der Waals surface area contributed by atoms with E-state index in [1.807, 2.05) is 64.4 Å². The van der Waals surface area contributed by atoms with Gasteiger partial charge >= 0.3 is 0 Å². The number of carbonyl (C=O) groups excluding carboxylic acids is 5. The van der Waals surface area contributed by atoms with Crippen LogP contribution in [0, 0.1) is 31.8 Å². The molecule has 1 aromatic heterocycles. The molecule has 6 rings (SSSR count). The zero-order valence-electron chi connectivity index (χ0n) is 45.5. The average molecular weight is 1110 g/mol. The van der Waals surface area contributed by atoms with E-state index in [1.54, 1.807) is 53.8 Å². The van der Waals surface area contributed by atoms with Crippen LogP contribution >= 0.6 is 23.1 Å². The molecular weight excluding hydrogens is 1040 g/mol. The monoisotopic (exact) mass is 1110 g/mol. The fourth-order valence-corrected chi connectivity index (χ4v) is 10.3. The maximum atomic E-state index is 14.0. The Kier molecular flexibility index (Phi) is 24.3. The summed E-state index contributed by atoms with van der Waals surface area (Å²) < 4.78 is 39.9. The Hall–Kier alpha value is -6.02. The van der Waals surface area contributed by atoms with Crippen LogP contribution in [0.3, 0.4) is 0 Å². The Morgan fingerprint density at radius 2 is 1.49 bits per heavy atom. The van der Waals surface area contributed by atoms with E-state index in [2.05, 4.69) is 15.1 Å². The van der Waals surface area contributed by atoms with Crippen LogP contribution in [0.4, 0.5) is 10.5 Å². The molecule has 0 saturated carbocycles. The molecule has 20 heteroatoms. The van der Waals surface area contributed by atoms with Crippen molar-refractivity contribution >= 4 is 63.6 Å². The predicted octanol–water partition coefficient (Wildman–Crippen LogP) is 9.36. The summed E-state index contributed by atoms with van der Waals surface area (Å²) in [5.41, 5.74) is 6.14. The number of imide groups is 1. The highest BCUT2D eigenvalue weighted by Crippen LogP contribution is 2.38. The first-order chi connectivity index (χ1) is 37.6. The van der Waals surface area contributed by atoms with Gasteiger partial charge in [-0.25, -0.2) is 9.83 Å². The van der Waals surface area contributed by atoms with Crippen LogP contribution in [0.25, 0.3) is 21.4 Å². The van der Waals surface area contributed by atoms with Crippen LogP contribution in [-0.2, 0) is 49.4 Å². The minimum Gasteiger partial charge on any atom is -0.493 e. The molecule has 78 heavy (non-hydrogen) atoms. The molecule has 0 radical (unpaired) electrons. The van der Waals surface area contributed by atoms with Gasteiger partial charge in [-0.05, 0) is 109 Å². The number of β-amino-alcohol motifs (C(OH)–C–C–N with tert-alkyl or cyclic N) is 1. The molecule has 2 aliphatic rings. The number of amides is 4.